The number of benzene rings is 1. The number of anilines is 2. The van der Waals surface area contributed by atoms with E-state index in [1.54, 1.807) is 0 Å². The molecule has 0 aliphatic carbocycles. The van der Waals surface area contributed by atoms with Crippen molar-refractivity contribution in [1.82, 2.24) is 4.98 Å². The number of aromatic nitrogens is 1. The summed E-state index contributed by atoms with van der Waals surface area (Å²) in [6, 6.07) is 7.75. The van der Waals surface area contributed by atoms with Gasteiger partial charge in [0.05, 0.1) is 11.4 Å². The van der Waals surface area contributed by atoms with Crippen molar-refractivity contribution in [3.05, 3.63) is 36.0 Å². The second kappa shape index (κ2) is 3.10. The highest BCUT2D eigenvalue weighted by Crippen LogP contribution is 2.30. The number of aromatic amines is 1. The number of nitrogens with one attached hydrogen (secondary N) is 1. The molecule has 0 bridgehead atoms. The van der Waals surface area contributed by atoms with Crippen molar-refractivity contribution in [1.29, 1.82) is 0 Å². The standard InChI is InChI=1S/C11H13N3/c1-7-3-2-4-8(10(7)13)11-9(12)5-6-14-11/h2-6,14H,12-13H2,1H3. The normalized spacial score (nSPS) is 10.4. The summed E-state index contributed by atoms with van der Waals surface area (Å²) in [5, 5.41) is 0. The van der Waals surface area contributed by atoms with Crippen molar-refractivity contribution >= 4 is 11.4 Å². The molecule has 1 heterocycles. The molecule has 1 aromatic heterocycles. The molecule has 3 heteroatoms. The van der Waals surface area contributed by atoms with E-state index in [9.17, 15) is 0 Å². The quantitative estimate of drug-likeness (QED) is 0.599. The number of aryl methyl sites for hydroxylation is 1. The number of rotatable bonds is 1. The van der Waals surface area contributed by atoms with Crippen LogP contribution in [-0.4, -0.2) is 4.98 Å². The van der Waals surface area contributed by atoms with E-state index in [4.69, 9.17) is 11.5 Å². The summed E-state index contributed by atoms with van der Waals surface area (Å²) in [7, 11) is 0. The Kier molecular flexibility index (Phi) is 1.93. The summed E-state index contributed by atoms with van der Waals surface area (Å²) >= 11 is 0. The highest BCUT2D eigenvalue weighted by atomic mass is 14.8. The zero-order valence-electron chi connectivity index (χ0n) is 8.04. The first-order valence-corrected chi connectivity index (χ1v) is 4.48. The Balaban J connectivity index is 2.63. The lowest BCUT2D eigenvalue weighted by Crippen LogP contribution is -1.95. The molecule has 3 nitrogen and oxygen atoms in total. The Morgan fingerprint density at radius 2 is 1.93 bits per heavy atom. The van der Waals surface area contributed by atoms with Gasteiger partial charge in [0.15, 0.2) is 0 Å². The van der Waals surface area contributed by atoms with Gasteiger partial charge in [-0.05, 0) is 18.6 Å². The van der Waals surface area contributed by atoms with Crippen LogP contribution in [0.4, 0.5) is 11.4 Å². The van der Waals surface area contributed by atoms with Gasteiger partial charge in [-0.15, -0.1) is 0 Å². The van der Waals surface area contributed by atoms with Crippen molar-refractivity contribution in [3.63, 3.8) is 0 Å². The molecule has 0 unspecified atom stereocenters. The molecule has 0 aliphatic heterocycles. The lowest BCUT2D eigenvalue weighted by molar-refractivity contribution is 1.38. The van der Waals surface area contributed by atoms with Crippen LogP contribution in [0.5, 0.6) is 0 Å². The van der Waals surface area contributed by atoms with Crippen molar-refractivity contribution in [2.24, 2.45) is 0 Å². The molecule has 0 aliphatic rings. The summed E-state index contributed by atoms with van der Waals surface area (Å²) in [6.45, 7) is 1.98. The first kappa shape index (κ1) is 8.69. The predicted octanol–water partition coefficient (Wildman–Crippen LogP) is 2.15. The summed E-state index contributed by atoms with van der Waals surface area (Å²) in [4.78, 5) is 3.08. The number of nitrogen functional groups attached to an aromatic ring is 2. The van der Waals surface area contributed by atoms with Crippen molar-refractivity contribution in [2.45, 2.75) is 6.92 Å². The number of para-hydroxylation sites is 1. The van der Waals surface area contributed by atoms with Gasteiger partial charge in [-0.25, -0.2) is 0 Å². The molecule has 0 fully saturated rings. The van der Waals surface area contributed by atoms with E-state index < -0.39 is 0 Å². The highest BCUT2D eigenvalue weighted by molar-refractivity contribution is 5.83. The molecular weight excluding hydrogens is 174 g/mol. The van der Waals surface area contributed by atoms with Gasteiger partial charge >= 0.3 is 0 Å². The van der Waals surface area contributed by atoms with E-state index >= 15 is 0 Å². The monoisotopic (exact) mass is 187 g/mol. The predicted molar refractivity (Wildman–Crippen MR) is 59.8 cm³/mol. The average molecular weight is 187 g/mol. The van der Waals surface area contributed by atoms with Gasteiger partial charge in [0.25, 0.3) is 0 Å². The Morgan fingerprint density at radius 3 is 2.57 bits per heavy atom. The zero-order chi connectivity index (χ0) is 10.1. The van der Waals surface area contributed by atoms with Crippen LogP contribution in [0.15, 0.2) is 30.5 Å². The minimum Gasteiger partial charge on any atom is -0.398 e. The maximum atomic E-state index is 5.97. The molecule has 0 saturated carbocycles. The summed E-state index contributed by atoms with van der Waals surface area (Å²) in [6.07, 6.45) is 1.81. The first-order chi connectivity index (χ1) is 6.70. The molecule has 0 amide bonds. The van der Waals surface area contributed by atoms with E-state index in [1.165, 1.54) is 0 Å². The smallest absolute Gasteiger partial charge is 0.0708 e. The molecule has 0 atom stereocenters. The van der Waals surface area contributed by atoms with E-state index in [-0.39, 0.29) is 0 Å². The van der Waals surface area contributed by atoms with Gasteiger partial charge in [0.1, 0.15) is 0 Å². The van der Waals surface area contributed by atoms with Gasteiger partial charge in [0.2, 0.25) is 0 Å². The molecule has 1 aromatic carbocycles. The van der Waals surface area contributed by atoms with Crippen molar-refractivity contribution in [3.8, 4) is 11.3 Å². The SMILES string of the molecule is Cc1cccc(-c2[nH]ccc2N)c1N. The largest absolute Gasteiger partial charge is 0.398 e. The molecule has 14 heavy (non-hydrogen) atoms. The fourth-order valence-corrected chi connectivity index (χ4v) is 1.51. The Morgan fingerprint density at radius 1 is 1.14 bits per heavy atom. The number of hydrogen-bond acceptors (Lipinski definition) is 2. The molecule has 2 rings (SSSR count). The minimum atomic E-state index is 0.724. The van der Waals surface area contributed by atoms with Gasteiger partial charge in [-0.1, -0.05) is 18.2 Å². The van der Waals surface area contributed by atoms with Crippen LogP contribution in [0.2, 0.25) is 0 Å². The summed E-state index contributed by atoms with van der Waals surface area (Å²) < 4.78 is 0. The number of hydrogen-bond donors (Lipinski definition) is 3. The molecular formula is C11H13N3. The molecule has 72 valence electrons. The highest BCUT2D eigenvalue weighted by Gasteiger charge is 2.07. The van der Waals surface area contributed by atoms with E-state index in [0.717, 1.165) is 28.2 Å². The molecule has 0 spiro atoms. The second-order valence-corrected chi connectivity index (χ2v) is 3.34. The Labute approximate surface area is 82.7 Å². The molecule has 0 saturated heterocycles. The van der Waals surface area contributed by atoms with Gasteiger partial charge < -0.3 is 16.5 Å². The van der Waals surface area contributed by atoms with Crippen LogP contribution in [0.25, 0.3) is 11.3 Å². The van der Waals surface area contributed by atoms with Crippen molar-refractivity contribution < 1.29 is 0 Å². The second-order valence-electron chi connectivity index (χ2n) is 3.34. The maximum Gasteiger partial charge on any atom is 0.0708 e. The number of nitrogens with two attached hydrogens (primary N) is 2. The van der Waals surface area contributed by atoms with Crippen LogP contribution in [0.3, 0.4) is 0 Å². The van der Waals surface area contributed by atoms with E-state index in [0.29, 0.717) is 0 Å². The number of H-pyrrole nitrogens is 1. The summed E-state index contributed by atoms with van der Waals surface area (Å²) in [5.41, 5.74) is 16.2. The Hall–Kier alpha value is -1.90. The fourth-order valence-electron chi connectivity index (χ4n) is 1.51. The van der Waals surface area contributed by atoms with Crippen LogP contribution >= 0.6 is 0 Å². The van der Waals surface area contributed by atoms with Crippen LogP contribution in [0, 0.1) is 6.92 Å². The molecule has 5 N–H and O–H groups in total. The lowest BCUT2D eigenvalue weighted by Gasteiger charge is -2.07. The van der Waals surface area contributed by atoms with Crippen molar-refractivity contribution in [2.75, 3.05) is 11.5 Å². The third-order valence-electron chi connectivity index (χ3n) is 2.37. The van der Waals surface area contributed by atoms with Gasteiger partial charge in [0, 0.05) is 17.4 Å². The average Bonchev–Trinajstić information content (AvgIpc) is 2.57. The van der Waals surface area contributed by atoms with E-state index in [1.807, 2.05) is 37.4 Å². The van der Waals surface area contributed by atoms with E-state index in [2.05, 4.69) is 4.98 Å². The van der Waals surface area contributed by atoms with Crippen LogP contribution < -0.4 is 11.5 Å². The van der Waals surface area contributed by atoms with Crippen LogP contribution in [0.1, 0.15) is 5.56 Å². The Bertz CT molecular complexity index is 457. The minimum absolute atomic E-state index is 0.724. The topological polar surface area (TPSA) is 67.8 Å². The zero-order valence-corrected chi connectivity index (χ0v) is 8.04. The third-order valence-corrected chi connectivity index (χ3v) is 2.37. The van der Waals surface area contributed by atoms with Crippen LogP contribution in [-0.2, 0) is 0 Å². The first-order valence-electron chi connectivity index (χ1n) is 4.48. The molecule has 2 aromatic rings. The third kappa shape index (κ3) is 1.23. The van der Waals surface area contributed by atoms with Gasteiger partial charge in [-0.2, -0.15) is 0 Å². The summed E-state index contributed by atoms with van der Waals surface area (Å²) in [5.74, 6) is 0. The fraction of sp³-hybridized carbons (Fsp3) is 0.0909. The maximum absolute atomic E-state index is 5.97. The molecule has 0 radical (unpaired) electrons. The lowest BCUT2D eigenvalue weighted by atomic mass is 10.1. The van der Waals surface area contributed by atoms with Gasteiger partial charge in [-0.3, -0.25) is 0 Å².